The van der Waals surface area contributed by atoms with E-state index in [-0.39, 0.29) is 11.8 Å². The Hall–Kier alpha value is -1.02. The van der Waals surface area contributed by atoms with E-state index in [9.17, 15) is 4.79 Å². The molecular formula is C15H21ClO2. The molecule has 0 spiro atoms. The zero-order chi connectivity index (χ0) is 13.9. The second-order valence-corrected chi connectivity index (χ2v) is 5.87. The van der Waals surface area contributed by atoms with Crippen molar-refractivity contribution in [3.8, 4) is 5.75 Å². The summed E-state index contributed by atoms with van der Waals surface area (Å²) in [4.78, 5) is 12.0. The summed E-state index contributed by atoms with van der Waals surface area (Å²) in [5.74, 6) is 0.917. The van der Waals surface area contributed by atoms with Crippen LogP contribution < -0.4 is 4.74 Å². The van der Waals surface area contributed by atoms with Crippen LogP contribution >= 0.6 is 11.6 Å². The highest BCUT2D eigenvalue weighted by atomic mass is 35.5. The zero-order valence-corrected chi connectivity index (χ0v) is 12.5. The van der Waals surface area contributed by atoms with Gasteiger partial charge < -0.3 is 4.74 Å². The molecule has 18 heavy (non-hydrogen) atoms. The Balaban J connectivity index is 3.03. The van der Waals surface area contributed by atoms with E-state index in [0.717, 1.165) is 11.1 Å². The highest BCUT2D eigenvalue weighted by molar-refractivity contribution is 6.19. The summed E-state index contributed by atoms with van der Waals surface area (Å²) in [6.45, 7) is 9.71. The second kappa shape index (κ2) is 5.75. The molecule has 2 nitrogen and oxygen atoms in total. The molecule has 0 aliphatic heterocycles. The van der Waals surface area contributed by atoms with Crippen LogP contribution in [0.5, 0.6) is 5.75 Å². The minimum Gasteiger partial charge on any atom is -0.426 e. The number of benzene rings is 1. The van der Waals surface area contributed by atoms with Crippen molar-refractivity contribution in [2.24, 2.45) is 5.41 Å². The van der Waals surface area contributed by atoms with E-state index in [1.807, 2.05) is 25.1 Å². The van der Waals surface area contributed by atoms with Gasteiger partial charge >= 0.3 is 5.97 Å². The van der Waals surface area contributed by atoms with Crippen molar-refractivity contribution in [3.05, 3.63) is 29.3 Å². The van der Waals surface area contributed by atoms with Crippen molar-refractivity contribution in [2.75, 3.05) is 5.88 Å². The van der Waals surface area contributed by atoms with Gasteiger partial charge in [0.15, 0.2) is 0 Å². The standard InChI is InChI=1S/C15H21ClO2/c1-10(2)12-7-6-11(3)8-13(12)18-14(17)15(4,5)9-16/h6-8,10H,9H2,1-5H3. The molecule has 100 valence electrons. The van der Waals surface area contributed by atoms with Gasteiger partial charge in [0.25, 0.3) is 0 Å². The van der Waals surface area contributed by atoms with Gasteiger partial charge in [-0.05, 0) is 43.9 Å². The lowest BCUT2D eigenvalue weighted by Crippen LogP contribution is -2.30. The van der Waals surface area contributed by atoms with Crippen LogP contribution in [0.15, 0.2) is 18.2 Å². The number of halogens is 1. The first kappa shape index (κ1) is 15.0. The summed E-state index contributed by atoms with van der Waals surface area (Å²) in [6.07, 6.45) is 0. The lowest BCUT2D eigenvalue weighted by Gasteiger charge is -2.21. The molecule has 0 bridgehead atoms. The molecule has 0 radical (unpaired) electrons. The van der Waals surface area contributed by atoms with Crippen LogP contribution in [0.3, 0.4) is 0 Å². The fourth-order valence-electron chi connectivity index (χ4n) is 1.50. The van der Waals surface area contributed by atoms with E-state index in [1.54, 1.807) is 13.8 Å². The summed E-state index contributed by atoms with van der Waals surface area (Å²) in [5.41, 5.74) is 1.45. The number of rotatable bonds is 4. The number of carbonyl (C=O) groups is 1. The molecule has 0 atom stereocenters. The average molecular weight is 269 g/mol. The molecule has 0 aliphatic rings. The van der Waals surface area contributed by atoms with E-state index < -0.39 is 5.41 Å². The van der Waals surface area contributed by atoms with E-state index in [1.165, 1.54) is 0 Å². The third-order valence-electron chi connectivity index (χ3n) is 2.88. The van der Waals surface area contributed by atoms with Crippen molar-refractivity contribution in [1.29, 1.82) is 0 Å². The van der Waals surface area contributed by atoms with Gasteiger partial charge in [-0.3, -0.25) is 4.79 Å². The summed E-state index contributed by atoms with van der Waals surface area (Å²) in [7, 11) is 0. The smallest absolute Gasteiger partial charge is 0.318 e. The molecule has 1 aromatic carbocycles. The van der Waals surface area contributed by atoms with E-state index >= 15 is 0 Å². The topological polar surface area (TPSA) is 26.3 Å². The molecule has 0 saturated heterocycles. The summed E-state index contributed by atoms with van der Waals surface area (Å²) in [6, 6.07) is 5.94. The second-order valence-electron chi connectivity index (χ2n) is 5.60. The van der Waals surface area contributed by atoms with Crippen LogP contribution in [0, 0.1) is 12.3 Å². The van der Waals surface area contributed by atoms with Gasteiger partial charge in [-0.2, -0.15) is 0 Å². The monoisotopic (exact) mass is 268 g/mol. The Labute approximate surface area is 114 Å². The van der Waals surface area contributed by atoms with Gasteiger partial charge in [-0.1, -0.05) is 26.0 Å². The highest BCUT2D eigenvalue weighted by Gasteiger charge is 2.29. The number of hydrogen-bond acceptors (Lipinski definition) is 2. The maximum absolute atomic E-state index is 12.0. The number of esters is 1. The Morgan fingerprint density at radius 2 is 2.00 bits per heavy atom. The summed E-state index contributed by atoms with van der Waals surface area (Å²) < 4.78 is 5.52. The molecule has 1 rings (SSSR count). The quantitative estimate of drug-likeness (QED) is 0.463. The predicted octanol–water partition coefficient (Wildman–Crippen LogP) is 4.29. The molecule has 1 aromatic rings. The number of hydrogen-bond donors (Lipinski definition) is 0. The predicted molar refractivity (Wildman–Crippen MR) is 75.4 cm³/mol. The van der Waals surface area contributed by atoms with E-state index in [2.05, 4.69) is 13.8 Å². The molecule has 0 heterocycles. The Morgan fingerprint density at radius 1 is 1.39 bits per heavy atom. The molecule has 3 heteroatoms. The third kappa shape index (κ3) is 3.49. The third-order valence-corrected chi connectivity index (χ3v) is 3.55. The normalized spacial score (nSPS) is 11.7. The van der Waals surface area contributed by atoms with Gasteiger partial charge in [0.2, 0.25) is 0 Å². The van der Waals surface area contributed by atoms with Crippen LogP contribution in [0.2, 0.25) is 0 Å². The maximum Gasteiger partial charge on any atom is 0.318 e. The SMILES string of the molecule is Cc1ccc(C(C)C)c(OC(=O)C(C)(C)CCl)c1. The van der Waals surface area contributed by atoms with Crippen LogP contribution in [0.4, 0.5) is 0 Å². The molecule has 0 amide bonds. The molecule has 0 aromatic heterocycles. The van der Waals surface area contributed by atoms with Gasteiger partial charge in [-0.25, -0.2) is 0 Å². The number of aryl methyl sites for hydroxylation is 1. The lowest BCUT2D eigenvalue weighted by molar-refractivity contribution is -0.142. The maximum atomic E-state index is 12.0. The van der Waals surface area contributed by atoms with Gasteiger partial charge in [-0.15, -0.1) is 11.6 Å². The fourth-order valence-corrected chi connectivity index (χ4v) is 1.61. The van der Waals surface area contributed by atoms with Crippen LogP contribution in [0.25, 0.3) is 0 Å². The molecular weight excluding hydrogens is 248 g/mol. The first-order chi connectivity index (χ1) is 8.27. The Morgan fingerprint density at radius 3 is 2.50 bits per heavy atom. The van der Waals surface area contributed by atoms with Crippen molar-refractivity contribution < 1.29 is 9.53 Å². The Bertz CT molecular complexity index is 436. The van der Waals surface area contributed by atoms with Crippen molar-refractivity contribution >= 4 is 17.6 Å². The van der Waals surface area contributed by atoms with Gasteiger partial charge in [0, 0.05) is 5.88 Å². The first-order valence-corrected chi connectivity index (χ1v) is 6.70. The number of carbonyl (C=O) groups excluding carboxylic acids is 1. The minimum absolute atomic E-state index is 0.245. The van der Waals surface area contributed by atoms with Crippen LogP contribution in [-0.2, 0) is 4.79 Å². The fraction of sp³-hybridized carbons (Fsp3) is 0.533. The van der Waals surface area contributed by atoms with Gasteiger partial charge in [0.05, 0.1) is 5.41 Å². The molecule has 0 unspecified atom stereocenters. The largest absolute Gasteiger partial charge is 0.426 e. The average Bonchev–Trinajstić information content (AvgIpc) is 2.28. The summed E-state index contributed by atoms with van der Waals surface area (Å²) >= 11 is 5.79. The highest BCUT2D eigenvalue weighted by Crippen LogP contribution is 2.30. The van der Waals surface area contributed by atoms with Crippen molar-refractivity contribution in [2.45, 2.75) is 40.5 Å². The van der Waals surface area contributed by atoms with E-state index in [0.29, 0.717) is 11.7 Å². The molecule has 0 fully saturated rings. The number of alkyl halides is 1. The van der Waals surface area contributed by atoms with Crippen LogP contribution in [0.1, 0.15) is 44.7 Å². The molecule has 0 N–H and O–H groups in total. The Kier molecular flexibility index (Phi) is 4.80. The number of ether oxygens (including phenoxy) is 1. The van der Waals surface area contributed by atoms with Crippen molar-refractivity contribution in [1.82, 2.24) is 0 Å². The van der Waals surface area contributed by atoms with Crippen molar-refractivity contribution in [3.63, 3.8) is 0 Å². The van der Waals surface area contributed by atoms with Gasteiger partial charge in [0.1, 0.15) is 5.75 Å². The zero-order valence-electron chi connectivity index (χ0n) is 11.7. The minimum atomic E-state index is -0.667. The van der Waals surface area contributed by atoms with Crippen LogP contribution in [-0.4, -0.2) is 11.8 Å². The first-order valence-electron chi connectivity index (χ1n) is 6.16. The lowest BCUT2D eigenvalue weighted by atomic mass is 9.96. The molecule has 0 aliphatic carbocycles. The van der Waals surface area contributed by atoms with E-state index in [4.69, 9.17) is 16.3 Å². The summed E-state index contributed by atoms with van der Waals surface area (Å²) in [5, 5.41) is 0. The molecule has 0 saturated carbocycles.